The molecule has 7 nitrogen and oxygen atoms in total. The number of rotatable bonds is 10. The van der Waals surface area contributed by atoms with Gasteiger partial charge in [-0.25, -0.2) is 4.79 Å². The molecule has 186 valence electrons. The van der Waals surface area contributed by atoms with Crippen molar-refractivity contribution < 1.29 is 24.2 Å². The number of hydrogen-bond donors (Lipinski definition) is 3. The predicted octanol–water partition coefficient (Wildman–Crippen LogP) is 4.70. The number of nitrogens with one attached hydrogen (secondary N) is 2. The van der Waals surface area contributed by atoms with Crippen LogP contribution in [0.3, 0.4) is 0 Å². The number of carboxylic acid groups (broad SMARTS) is 1. The van der Waals surface area contributed by atoms with Gasteiger partial charge in [-0.05, 0) is 34.6 Å². The summed E-state index contributed by atoms with van der Waals surface area (Å²) in [6, 6.07) is 16.3. The lowest BCUT2D eigenvalue weighted by Crippen LogP contribution is -2.41. The van der Waals surface area contributed by atoms with Gasteiger partial charge in [0.1, 0.15) is 6.61 Å². The third-order valence-corrected chi connectivity index (χ3v) is 7.19. The summed E-state index contributed by atoms with van der Waals surface area (Å²) in [6.45, 7) is 0.477. The molecule has 2 aromatic carbocycles. The van der Waals surface area contributed by atoms with E-state index < -0.39 is 18.0 Å². The van der Waals surface area contributed by atoms with Gasteiger partial charge in [0.05, 0.1) is 12.3 Å². The number of carbonyl (C=O) groups excluding carboxylic acids is 2. The number of fused-ring (bicyclic) bond motifs is 3. The third kappa shape index (κ3) is 6.41. The molecule has 1 unspecified atom stereocenters. The summed E-state index contributed by atoms with van der Waals surface area (Å²) in [5, 5.41) is 14.3. The second kappa shape index (κ2) is 11.9. The van der Waals surface area contributed by atoms with E-state index in [-0.39, 0.29) is 37.9 Å². The van der Waals surface area contributed by atoms with Gasteiger partial charge in [-0.1, -0.05) is 80.6 Å². The van der Waals surface area contributed by atoms with Gasteiger partial charge < -0.3 is 20.5 Å². The first-order valence-electron chi connectivity index (χ1n) is 12.6. The highest BCUT2D eigenvalue weighted by Gasteiger charge is 2.29. The van der Waals surface area contributed by atoms with Crippen LogP contribution in [0.15, 0.2) is 48.5 Å². The Labute approximate surface area is 206 Å². The SMILES string of the molecule is O=C(O)CCNC(=O)C(CNC(=O)OCC1c2ccccc2-c2ccccc21)CC1CCCCC1. The zero-order valence-corrected chi connectivity index (χ0v) is 20.0. The van der Waals surface area contributed by atoms with Crippen LogP contribution in [0.2, 0.25) is 0 Å². The fourth-order valence-corrected chi connectivity index (χ4v) is 5.40. The minimum absolute atomic E-state index is 0.0227. The zero-order chi connectivity index (χ0) is 24.6. The van der Waals surface area contributed by atoms with E-state index in [2.05, 4.69) is 34.9 Å². The molecular weight excluding hydrogens is 444 g/mol. The first kappa shape index (κ1) is 24.8. The van der Waals surface area contributed by atoms with E-state index in [0.29, 0.717) is 12.3 Å². The van der Waals surface area contributed by atoms with Crippen LogP contribution in [-0.2, 0) is 14.3 Å². The van der Waals surface area contributed by atoms with E-state index in [1.54, 1.807) is 0 Å². The number of benzene rings is 2. The van der Waals surface area contributed by atoms with Crippen molar-refractivity contribution in [3.8, 4) is 11.1 Å². The molecule has 0 radical (unpaired) electrons. The van der Waals surface area contributed by atoms with Crippen LogP contribution >= 0.6 is 0 Å². The Bertz CT molecular complexity index is 1000. The number of amides is 2. The van der Waals surface area contributed by atoms with E-state index in [0.717, 1.165) is 36.8 Å². The molecule has 0 aromatic heterocycles. The van der Waals surface area contributed by atoms with Crippen LogP contribution < -0.4 is 10.6 Å². The summed E-state index contributed by atoms with van der Waals surface area (Å²) in [6.07, 6.45) is 5.75. The minimum atomic E-state index is -0.953. The van der Waals surface area contributed by atoms with Crippen LogP contribution in [0.5, 0.6) is 0 Å². The normalized spacial score (nSPS) is 16.1. The topological polar surface area (TPSA) is 105 Å². The van der Waals surface area contributed by atoms with Crippen molar-refractivity contribution in [1.29, 1.82) is 0 Å². The molecule has 0 spiro atoms. The largest absolute Gasteiger partial charge is 0.481 e. The predicted molar refractivity (Wildman–Crippen MR) is 133 cm³/mol. The Morgan fingerprint density at radius 1 is 0.914 bits per heavy atom. The number of ether oxygens (including phenoxy) is 1. The molecule has 2 aromatic rings. The smallest absolute Gasteiger partial charge is 0.407 e. The maximum absolute atomic E-state index is 12.8. The fourth-order valence-electron chi connectivity index (χ4n) is 5.40. The molecule has 1 saturated carbocycles. The van der Waals surface area contributed by atoms with Crippen LogP contribution in [0.25, 0.3) is 11.1 Å². The molecule has 0 bridgehead atoms. The van der Waals surface area contributed by atoms with Gasteiger partial charge in [0.2, 0.25) is 5.91 Å². The molecular formula is C28H34N2O5. The van der Waals surface area contributed by atoms with Gasteiger partial charge in [0.15, 0.2) is 0 Å². The van der Waals surface area contributed by atoms with Crippen molar-refractivity contribution in [2.75, 3.05) is 19.7 Å². The molecule has 1 fully saturated rings. The van der Waals surface area contributed by atoms with Crippen molar-refractivity contribution in [3.05, 3.63) is 59.7 Å². The summed E-state index contributed by atoms with van der Waals surface area (Å²) in [5.41, 5.74) is 4.63. The average molecular weight is 479 g/mol. The molecule has 2 aliphatic rings. The summed E-state index contributed by atoms with van der Waals surface area (Å²) in [5.74, 6) is -1.15. The molecule has 0 saturated heterocycles. The van der Waals surface area contributed by atoms with Crippen LogP contribution in [0.4, 0.5) is 4.79 Å². The number of carboxylic acids is 1. The highest BCUT2D eigenvalue weighted by atomic mass is 16.5. The van der Waals surface area contributed by atoms with E-state index >= 15 is 0 Å². The Hall–Kier alpha value is -3.35. The summed E-state index contributed by atoms with van der Waals surface area (Å²) >= 11 is 0. The molecule has 3 N–H and O–H groups in total. The average Bonchev–Trinajstić information content (AvgIpc) is 3.19. The quantitative estimate of drug-likeness (QED) is 0.459. The first-order valence-corrected chi connectivity index (χ1v) is 12.6. The first-order chi connectivity index (χ1) is 17.0. The van der Waals surface area contributed by atoms with Crippen molar-refractivity contribution in [2.24, 2.45) is 11.8 Å². The summed E-state index contributed by atoms with van der Waals surface area (Å²) in [4.78, 5) is 36.2. The minimum Gasteiger partial charge on any atom is -0.481 e. The molecule has 1 atom stereocenters. The lowest BCUT2D eigenvalue weighted by molar-refractivity contribution is -0.137. The molecule has 0 aliphatic heterocycles. The van der Waals surface area contributed by atoms with Crippen molar-refractivity contribution in [3.63, 3.8) is 0 Å². The second-order valence-corrected chi connectivity index (χ2v) is 9.58. The third-order valence-electron chi connectivity index (χ3n) is 7.19. The van der Waals surface area contributed by atoms with Crippen LogP contribution in [0, 0.1) is 11.8 Å². The monoisotopic (exact) mass is 478 g/mol. The van der Waals surface area contributed by atoms with Gasteiger partial charge in [-0.15, -0.1) is 0 Å². The molecule has 7 heteroatoms. The van der Waals surface area contributed by atoms with E-state index in [1.165, 1.54) is 17.5 Å². The van der Waals surface area contributed by atoms with E-state index in [1.807, 2.05) is 24.3 Å². The summed E-state index contributed by atoms with van der Waals surface area (Å²) in [7, 11) is 0. The lowest BCUT2D eigenvalue weighted by Gasteiger charge is -2.26. The van der Waals surface area contributed by atoms with E-state index in [9.17, 15) is 14.4 Å². The molecule has 35 heavy (non-hydrogen) atoms. The van der Waals surface area contributed by atoms with Gasteiger partial charge in [0, 0.05) is 19.0 Å². The van der Waals surface area contributed by atoms with Gasteiger partial charge in [-0.3, -0.25) is 9.59 Å². The van der Waals surface area contributed by atoms with Crippen molar-refractivity contribution >= 4 is 18.0 Å². The summed E-state index contributed by atoms with van der Waals surface area (Å²) < 4.78 is 5.61. The highest BCUT2D eigenvalue weighted by Crippen LogP contribution is 2.44. The van der Waals surface area contributed by atoms with Gasteiger partial charge >= 0.3 is 12.1 Å². The number of alkyl carbamates (subject to hydrolysis) is 1. The molecule has 2 aliphatic carbocycles. The van der Waals surface area contributed by atoms with Crippen molar-refractivity contribution in [2.45, 2.75) is 50.9 Å². The maximum atomic E-state index is 12.8. The standard InChI is InChI=1S/C28H34N2O5/c31-26(32)14-15-29-27(33)20(16-19-8-2-1-3-9-19)17-30-28(34)35-18-25-23-12-6-4-10-21(23)22-11-5-7-13-24(22)25/h4-7,10-13,19-20,25H,1-3,8-9,14-18H2,(H,29,33)(H,30,34)(H,31,32). The van der Waals surface area contributed by atoms with E-state index in [4.69, 9.17) is 9.84 Å². The fraction of sp³-hybridized carbons (Fsp3) is 0.464. The maximum Gasteiger partial charge on any atom is 0.407 e. The number of aliphatic carboxylic acids is 1. The highest BCUT2D eigenvalue weighted by molar-refractivity contribution is 5.81. The Balaban J connectivity index is 1.33. The van der Waals surface area contributed by atoms with Gasteiger partial charge in [0.25, 0.3) is 0 Å². The number of hydrogen-bond acceptors (Lipinski definition) is 4. The Morgan fingerprint density at radius 3 is 2.17 bits per heavy atom. The van der Waals surface area contributed by atoms with Crippen molar-refractivity contribution in [1.82, 2.24) is 10.6 Å². The van der Waals surface area contributed by atoms with Crippen LogP contribution in [-0.4, -0.2) is 42.8 Å². The van der Waals surface area contributed by atoms with Gasteiger partial charge in [-0.2, -0.15) is 0 Å². The van der Waals surface area contributed by atoms with Crippen LogP contribution in [0.1, 0.15) is 62.0 Å². The Kier molecular flexibility index (Phi) is 8.40. The molecule has 4 rings (SSSR count). The number of carbonyl (C=O) groups is 3. The zero-order valence-electron chi connectivity index (χ0n) is 20.0. The lowest BCUT2D eigenvalue weighted by atomic mass is 9.82. The second-order valence-electron chi connectivity index (χ2n) is 9.58. The molecule has 2 amide bonds. The molecule has 0 heterocycles. The Morgan fingerprint density at radius 2 is 1.54 bits per heavy atom.